The Morgan fingerprint density at radius 3 is 2.56 bits per heavy atom. The van der Waals surface area contributed by atoms with Gasteiger partial charge in [0.1, 0.15) is 0 Å². The number of benzene rings is 1. The van der Waals surface area contributed by atoms with E-state index in [4.69, 9.17) is 0 Å². The number of nitrogens with one attached hydrogen (secondary N) is 1. The first-order valence-corrected chi connectivity index (χ1v) is 9.58. The SMILES string of the molecule is CCN(CC)C(=O)[C@@H]1C[C@@H](NC(=O)Cc2ccc(O)c(F)c2)CN1C(C)C. The number of halogens is 1. The molecule has 6 nitrogen and oxygen atoms in total. The van der Waals surface area contributed by atoms with Crippen LogP contribution in [0.1, 0.15) is 39.7 Å². The second-order valence-corrected chi connectivity index (χ2v) is 7.28. The molecular formula is C20H30FN3O3. The fourth-order valence-electron chi connectivity index (χ4n) is 3.65. The lowest BCUT2D eigenvalue weighted by Gasteiger charge is -2.31. The van der Waals surface area contributed by atoms with E-state index in [0.717, 1.165) is 6.07 Å². The van der Waals surface area contributed by atoms with Crippen molar-refractivity contribution in [3.8, 4) is 5.75 Å². The normalized spacial score (nSPS) is 20.1. The zero-order valence-corrected chi connectivity index (χ0v) is 16.5. The molecule has 2 rings (SSSR count). The third kappa shape index (κ3) is 5.19. The Bertz CT molecular complexity index is 676. The molecule has 2 amide bonds. The van der Waals surface area contributed by atoms with Crippen molar-refractivity contribution in [3.05, 3.63) is 29.6 Å². The van der Waals surface area contributed by atoms with Crippen LogP contribution in [0.15, 0.2) is 18.2 Å². The van der Waals surface area contributed by atoms with Gasteiger partial charge in [0.05, 0.1) is 12.5 Å². The van der Waals surface area contributed by atoms with Gasteiger partial charge in [0, 0.05) is 31.7 Å². The summed E-state index contributed by atoms with van der Waals surface area (Å²) in [4.78, 5) is 29.1. The van der Waals surface area contributed by atoms with E-state index in [1.54, 1.807) is 0 Å². The molecule has 2 N–H and O–H groups in total. The van der Waals surface area contributed by atoms with Crippen molar-refractivity contribution >= 4 is 11.8 Å². The van der Waals surface area contributed by atoms with Crippen molar-refractivity contribution in [2.45, 2.75) is 58.7 Å². The van der Waals surface area contributed by atoms with Gasteiger partial charge in [-0.05, 0) is 51.8 Å². The van der Waals surface area contributed by atoms with Gasteiger partial charge in [0.2, 0.25) is 11.8 Å². The van der Waals surface area contributed by atoms with Gasteiger partial charge < -0.3 is 15.3 Å². The maximum absolute atomic E-state index is 13.4. The fourth-order valence-corrected chi connectivity index (χ4v) is 3.65. The highest BCUT2D eigenvalue weighted by atomic mass is 19.1. The van der Waals surface area contributed by atoms with Gasteiger partial charge in [-0.2, -0.15) is 0 Å². The highest BCUT2D eigenvalue weighted by Crippen LogP contribution is 2.23. The van der Waals surface area contributed by atoms with Crippen molar-refractivity contribution in [2.75, 3.05) is 19.6 Å². The Morgan fingerprint density at radius 2 is 2.00 bits per heavy atom. The predicted octanol–water partition coefficient (Wildman–Crippen LogP) is 1.91. The minimum atomic E-state index is -0.739. The predicted molar refractivity (Wildman–Crippen MR) is 102 cm³/mol. The maximum Gasteiger partial charge on any atom is 0.239 e. The summed E-state index contributed by atoms with van der Waals surface area (Å²) in [7, 11) is 0. The number of rotatable bonds is 7. The number of hydrogen-bond donors (Lipinski definition) is 2. The second-order valence-electron chi connectivity index (χ2n) is 7.28. The molecule has 0 aliphatic carbocycles. The molecule has 0 aromatic heterocycles. The van der Waals surface area contributed by atoms with Crippen LogP contribution in [-0.4, -0.2) is 64.5 Å². The summed E-state index contributed by atoms with van der Waals surface area (Å²) in [5, 5.41) is 12.2. The number of nitrogens with zero attached hydrogens (tertiary/aromatic N) is 2. The molecule has 150 valence electrons. The monoisotopic (exact) mass is 379 g/mol. The third-order valence-electron chi connectivity index (χ3n) is 5.10. The lowest BCUT2D eigenvalue weighted by molar-refractivity contribution is -0.136. The molecule has 27 heavy (non-hydrogen) atoms. The van der Waals surface area contributed by atoms with Crippen LogP contribution in [0.4, 0.5) is 4.39 Å². The summed E-state index contributed by atoms with van der Waals surface area (Å²) in [5.41, 5.74) is 0.497. The van der Waals surface area contributed by atoms with E-state index in [1.165, 1.54) is 12.1 Å². The summed E-state index contributed by atoms with van der Waals surface area (Å²) in [6.07, 6.45) is 0.604. The lowest BCUT2D eigenvalue weighted by atomic mass is 10.1. The third-order valence-corrected chi connectivity index (χ3v) is 5.10. The van der Waals surface area contributed by atoms with Crippen LogP contribution in [0, 0.1) is 5.82 Å². The van der Waals surface area contributed by atoms with Crippen LogP contribution in [0.25, 0.3) is 0 Å². The number of phenolic OH excluding ortho intramolecular Hbond substituents is 1. The maximum atomic E-state index is 13.4. The number of likely N-dealkylation sites (tertiary alicyclic amines) is 1. The molecule has 1 aromatic rings. The summed E-state index contributed by atoms with van der Waals surface area (Å²) >= 11 is 0. The Morgan fingerprint density at radius 1 is 1.33 bits per heavy atom. The highest BCUT2D eigenvalue weighted by molar-refractivity contribution is 5.83. The van der Waals surface area contributed by atoms with Crippen LogP contribution in [0.3, 0.4) is 0 Å². The summed E-state index contributed by atoms with van der Waals surface area (Å²) in [6.45, 7) is 9.98. The summed E-state index contributed by atoms with van der Waals surface area (Å²) < 4.78 is 13.4. The molecule has 0 saturated carbocycles. The van der Waals surface area contributed by atoms with Crippen molar-refractivity contribution < 1.29 is 19.1 Å². The molecule has 1 aliphatic heterocycles. The van der Waals surface area contributed by atoms with Crippen LogP contribution < -0.4 is 5.32 Å². The average molecular weight is 379 g/mol. The van der Waals surface area contributed by atoms with Crippen LogP contribution in [-0.2, 0) is 16.0 Å². The second kappa shape index (κ2) is 9.17. The van der Waals surface area contributed by atoms with E-state index >= 15 is 0 Å². The van der Waals surface area contributed by atoms with E-state index in [-0.39, 0.29) is 36.4 Å². The molecule has 0 bridgehead atoms. The van der Waals surface area contributed by atoms with E-state index in [2.05, 4.69) is 10.2 Å². The minimum Gasteiger partial charge on any atom is -0.505 e. The topological polar surface area (TPSA) is 72.9 Å². The molecule has 0 spiro atoms. The first-order valence-electron chi connectivity index (χ1n) is 9.58. The molecule has 1 aliphatic rings. The minimum absolute atomic E-state index is 0.0318. The van der Waals surface area contributed by atoms with Gasteiger partial charge in [-0.3, -0.25) is 14.5 Å². The molecular weight excluding hydrogens is 349 g/mol. The smallest absolute Gasteiger partial charge is 0.239 e. The quantitative estimate of drug-likeness (QED) is 0.759. The number of aromatic hydroxyl groups is 1. The summed E-state index contributed by atoms with van der Waals surface area (Å²) in [6, 6.07) is 3.78. The Labute approximate surface area is 160 Å². The number of carbonyl (C=O) groups is 2. The molecule has 1 fully saturated rings. The molecule has 1 aromatic carbocycles. The van der Waals surface area contributed by atoms with Gasteiger partial charge in [-0.25, -0.2) is 4.39 Å². The number of hydrogen-bond acceptors (Lipinski definition) is 4. The Kier molecular flexibility index (Phi) is 7.18. The molecule has 1 saturated heterocycles. The van der Waals surface area contributed by atoms with Crippen molar-refractivity contribution in [1.82, 2.24) is 15.1 Å². The highest BCUT2D eigenvalue weighted by Gasteiger charge is 2.39. The molecule has 7 heteroatoms. The van der Waals surface area contributed by atoms with Crippen LogP contribution >= 0.6 is 0 Å². The van der Waals surface area contributed by atoms with Gasteiger partial charge >= 0.3 is 0 Å². The van der Waals surface area contributed by atoms with Gasteiger partial charge in [0.15, 0.2) is 11.6 Å². The molecule has 0 unspecified atom stereocenters. The van der Waals surface area contributed by atoms with Gasteiger partial charge in [0.25, 0.3) is 0 Å². The van der Waals surface area contributed by atoms with Gasteiger partial charge in [-0.15, -0.1) is 0 Å². The van der Waals surface area contributed by atoms with Crippen molar-refractivity contribution in [2.24, 2.45) is 0 Å². The molecule has 0 radical (unpaired) electrons. The first-order chi connectivity index (χ1) is 12.8. The van der Waals surface area contributed by atoms with E-state index in [0.29, 0.717) is 31.6 Å². The molecule has 2 atom stereocenters. The van der Waals surface area contributed by atoms with Gasteiger partial charge in [-0.1, -0.05) is 6.07 Å². The molecule has 1 heterocycles. The Hall–Kier alpha value is -2.15. The van der Waals surface area contributed by atoms with E-state index in [1.807, 2.05) is 32.6 Å². The zero-order chi connectivity index (χ0) is 20.1. The number of phenols is 1. The van der Waals surface area contributed by atoms with E-state index in [9.17, 15) is 19.1 Å². The first kappa shape index (κ1) is 21.2. The van der Waals surface area contributed by atoms with Crippen LogP contribution in [0.5, 0.6) is 5.75 Å². The lowest BCUT2D eigenvalue weighted by Crippen LogP contribution is -2.47. The average Bonchev–Trinajstić information content (AvgIpc) is 3.03. The standard InChI is InChI=1S/C20H30FN3O3/c1-5-23(6-2)20(27)17-11-15(12-24(17)13(3)4)22-19(26)10-14-7-8-18(25)16(21)9-14/h7-9,13,15,17,25H,5-6,10-12H2,1-4H3,(H,22,26)/t15-,17+/m1/s1. The van der Waals surface area contributed by atoms with E-state index < -0.39 is 11.6 Å². The summed E-state index contributed by atoms with van der Waals surface area (Å²) in [5.74, 6) is -1.28. The number of carbonyl (C=O) groups excluding carboxylic acids is 2. The van der Waals surface area contributed by atoms with Crippen molar-refractivity contribution in [1.29, 1.82) is 0 Å². The van der Waals surface area contributed by atoms with Crippen molar-refractivity contribution in [3.63, 3.8) is 0 Å². The zero-order valence-electron chi connectivity index (χ0n) is 16.5. The fraction of sp³-hybridized carbons (Fsp3) is 0.600. The number of likely N-dealkylation sites (N-methyl/N-ethyl adjacent to an activating group) is 1. The van der Waals surface area contributed by atoms with Crippen LogP contribution in [0.2, 0.25) is 0 Å². The Balaban J connectivity index is 2.01. The largest absolute Gasteiger partial charge is 0.505 e. The number of amides is 2.